The third kappa shape index (κ3) is 4.56. The summed E-state index contributed by atoms with van der Waals surface area (Å²) in [5.74, 6) is 0.295. The second-order valence-electron chi connectivity index (χ2n) is 4.68. The first-order valence-electron chi connectivity index (χ1n) is 6.92. The highest BCUT2D eigenvalue weighted by molar-refractivity contribution is 6.31. The molecule has 1 aromatic carbocycles. The van der Waals surface area contributed by atoms with Crippen molar-refractivity contribution < 1.29 is 17.9 Å². The van der Waals surface area contributed by atoms with Crippen molar-refractivity contribution in [3.63, 3.8) is 0 Å². The standard InChI is InChI=1S/C15H15ClF3N3O/c1-2-8-23-9-13(22-7-6-20-10-22)21-12-5-3-4-11(16)14(12)15(17,18)19/h3-7,10H,2,8-9H2,1H3/b21-13+. The largest absolute Gasteiger partial charge is 0.419 e. The minimum atomic E-state index is -4.60. The van der Waals surface area contributed by atoms with Crippen molar-refractivity contribution in [2.24, 2.45) is 4.99 Å². The summed E-state index contributed by atoms with van der Waals surface area (Å²) in [6.45, 7) is 2.48. The SMILES string of the molecule is CCCOC/C(=N\c1cccc(Cl)c1C(F)(F)F)n1ccnc1. The molecule has 0 saturated heterocycles. The number of ether oxygens (including phenoxy) is 1. The van der Waals surface area contributed by atoms with E-state index in [0.29, 0.717) is 12.4 Å². The second-order valence-corrected chi connectivity index (χ2v) is 5.09. The molecule has 0 saturated carbocycles. The summed E-state index contributed by atoms with van der Waals surface area (Å²) >= 11 is 5.71. The van der Waals surface area contributed by atoms with Crippen molar-refractivity contribution in [2.45, 2.75) is 19.5 Å². The average Bonchev–Trinajstić information content (AvgIpc) is 2.99. The lowest BCUT2D eigenvalue weighted by atomic mass is 10.1. The molecule has 0 aliphatic rings. The molecule has 8 heteroatoms. The van der Waals surface area contributed by atoms with Crippen molar-refractivity contribution in [1.29, 1.82) is 0 Å². The van der Waals surface area contributed by atoms with E-state index in [1.807, 2.05) is 6.92 Å². The van der Waals surface area contributed by atoms with Crippen molar-refractivity contribution in [1.82, 2.24) is 9.55 Å². The predicted molar refractivity (Wildman–Crippen MR) is 82.3 cm³/mol. The number of hydrogen-bond acceptors (Lipinski definition) is 3. The normalized spacial score (nSPS) is 12.7. The lowest BCUT2D eigenvalue weighted by molar-refractivity contribution is -0.136. The van der Waals surface area contributed by atoms with Gasteiger partial charge in [-0.15, -0.1) is 0 Å². The van der Waals surface area contributed by atoms with Crippen LogP contribution in [0.2, 0.25) is 5.02 Å². The lowest BCUT2D eigenvalue weighted by Gasteiger charge is -2.14. The molecule has 0 atom stereocenters. The monoisotopic (exact) mass is 345 g/mol. The van der Waals surface area contributed by atoms with Crippen LogP contribution in [0, 0.1) is 0 Å². The summed E-state index contributed by atoms with van der Waals surface area (Å²) in [4.78, 5) is 7.99. The minimum Gasteiger partial charge on any atom is -0.374 e. The van der Waals surface area contributed by atoms with Crippen LogP contribution >= 0.6 is 11.6 Å². The topological polar surface area (TPSA) is 39.4 Å². The Morgan fingerprint density at radius 2 is 2.17 bits per heavy atom. The number of halogens is 4. The zero-order valence-electron chi connectivity index (χ0n) is 12.3. The second kappa shape index (κ2) is 7.61. The molecule has 2 rings (SSSR count). The van der Waals surface area contributed by atoms with Crippen molar-refractivity contribution in [3.05, 3.63) is 47.5 Å². The van der Waals surface area contributed by atoms with Crippen LogP contribution in [0.1, 0.15) is 18.9 Å². The van der Waals surface area contributed by atoms with Gasteiger partial charge in [-0.3, -0.25) is 4.57 Å². The minimum absolute atomic E-state index is 0.0635. The van der Waals surface area contributed by atoms with Gasteiger partial charge in [0, 0.05) is 19.0 Å². The van der Waals surface area contributed by atoms with Gasteiger partial charge >= 0.3 is 6.18 Å². The fourth-order valence-electron chi connectivity index (χ4n) is 1.91. The van der Waals surface area contributed by atoms with E-state index < -0.39 is 16.8 Å². The predicted octanol–water partition coefficient (Wildman–Crippen LogP) is 4.56. The fourth-order valence-corrected chi connectivity index (χ4v) is 2.19. The Labute approximate surface area is 136 Å². The maximum Gasteiger partial charge on any atom is 0.419 e. The lowest BCUT2D eigenvalue weighted by Crippen LogP contribution is -2.18. The van der Waals surface area contributed by atoms with Gasteiger partial charge < -0.3 is 4.74 Å². The van der Waals surface area contributed by atoms with Crippen molar-refractivity contribution in [3.8, 4) is 0 Å². The summed E-state index contributed by atoms with van der Waals surface area (Å²) in [5, 5.41) is -0.391. The van der Waals surface area contributed by atoms with E-state index in [1.54, 1.807) is 6.20 Å². The van der Waals surface area contributed by atoms with E-state index in [4.69, 9.17) is 16.3 Å². The van der Waals surface area contributed by atoms with Crippen LogP contribution in [0.15, 0.2) is 41.9 Å². The van der Waals surface area contributed by atoms with Gasteiger partial charge in [-0.25, -0.2) is 9.98 Å². The number of hydrogen-bond donors (Lipinski definition) is 0. The maximum absolute atomic E-state index is 13.2. The molecule has 0 fully saturated rings. The van der Waals surface area contributed by atoms with Gasteiger partial charge in [0.05, 0.1) is 16.3 Å². The Morgan fingerprint density at radius 3 is 2.78 bits per heavy atom. The first-order chi connectivity index (χ1) is 10.9. The summed E-state index contributed by atoms with van der Waals surface area (Å²) in [7, 11) is 0. The molecule has 0 aliphatic heterocycles. The summed E-state index contributed by atoms with van der Waals surface area (Å²) < 4.78 is 46.5. The first kappa shape index (κ1) is 17.5. The van der Waals surface area contributed by atoms with Crippen LogP contribution in [0.5, 0.6) is 0 Å². The molecule has 1 heterocycles. The molecule has 0 radical (unpaired) electrons. The van der Waals surface area contributed by atoms with Crippen LogP contribution in [0.4, 0.5) is 18.9 Å². The number of aliphatic imine (C=N–C) groups is 1. The highest BCUT2D eigenvalue weighted by Crippen LogP contribution is 2.41. The van der Waals surface area contributed by atoms with Crippen molar-refractivity contribution >= 4 is 23.1 Å². The Balaban J connectivity index is 2.45. The third-order valence-corrected chi connectivity index (χ3v) is 3.22. The van der Waals surface area contributed by atoms with Crippen LogP contribution in [0.25, 0.3) is 0 Å². The molecule has 0 spiro atoms. The summed E-state index contributed by atoms with van der Waals surface area (Å²) in [6, 6.07) is 3.88. The Bertz CT molecular complexity index is 669. The van der Waals surface area contributed by atoms with E-state index in [-0.39, 0.29) is 12.3 Å². The Morgan fingerprint density at radius 1 is 1.39 bits per heavy atom. The molecule has 0 bridgehead atoms. The van der Waals surface area contributed by atoms with E-state index >= 15 is 0 Å². The number of benzene rings is 1. The van der Waals surface area contributed by atoms with Crippen LogP contribution in [-0.4, -0.2) is 28.6 Å². The zero-order valence-corrected chi connectivity index (χ0v) is 13.1. The van der Waals surface area contributed by atoms with Gasteiger partial charge in [-0.05, 0) is 18.6 Å². The highest BCUT2D eigenvalue weighted by atomic mass is 35.5. The fraction of sp³-hybridized carbons (Fsp3) is 0.333. The quantitative estimate of drug-likeness (QED) is 0.452. The summed E-state index contributed by atoms with van der Waals surface area (Å²) in [6.07, 6.45) is 0.750. The Hall–Kier alpha value is -1.86. The number of rotatable bonds is 5. The van der Waals surface area contributed by atoms with Gasteiger partial charge in [0.1, 0.15) is 18.8 Å². The van der Waals surface area contributed by atoms with Gasteiger partial charge in [-0.1, -0.05) is 24.6 Å². The third-order valence-electron chi connectivity index (χ3n) is 2.91. The molecule has 0 N–H and O–H groups in total. The van der Waals surface area contributed by atoms with E-state index in [0.717, 1.165) is 6.42 Å². The van der Waals surface area contributed by atoms with Gasteiger partial charge in [0.25, 0.3) is 0 Å². The molecule has 124 valence electrons. The zero-order chi connectivity index (χ0) is 16.9. The van der Waals surface area contributed by atoms with Crippen LogP contribution in [0.3, 0.4) is 0 Å². The molecule has 1 aromatic heterocycles. The van der Waals surface area contributed by atoms with Gasteiger partial charge in [0.2, 0.25) is 0 Å². The number of alkyl halides is 3. The molecule has 4 nitrogen and oxygen atoms in total. The smallest absolute Gasteiger partial charge is 0.374 e. The Kier molecular flexibility index (Phi) is 5.79. The molecule has 0 aliphatic carbocycles. The van der Waals surface area contributed by atoms with E-state index in [2.05, 4.69) is 9.98 Å². The molecule has 2 aromatic rings. The van der Waals surface area contributed by atoms with Gasteiger partial charge in [0.15, 0.2) is 0 Å². The molecular formula is C15H15ClF3N3O. The molecule has 0 unspecified atom stereocenters. The van der Waals surface area contributed by atoms with Crippen LogP contribution in [-0.2, 0) is 10.9 Å². The maximum atomic E-state index is 13.2. The number of nitrogens with zero attached hydrogens (tertiary/aromatic N) is 3. The number of imidazole rings is 1. The van der Waals surface area contributed by atoms with Crippen LogP contribution < -0.4 is 0 Å². The van der Waals surface area contributed by atoms with E-state index in [9.17, 15) is 13.2 Å². The number of aromatic nitrogens is 2. The highest BCUT2D eigenvalue weighted by Gasteiger charge is 2.36. The van der Waals surface area contributed by atoms with E-state index in [1.165, 1.54) is 35.3 Å². The average molecular weight is 346 g/mol. The molecular weight excluding hydrogens is 331 g/mol. The first-order valence-corrected chi connectivity index (χ1v) is 7.30. The summed E-state index contributed by atoms with van der Waals surface area (Å²) in [5.41, 5.74) is -1.22. The van der Waals surface area contributed by atoms with Gasteiger partial charge in [-0.2, -0.15) is 13.2 Å². The van der Waals surface area contributed by atoms with Crippen molar-refractivity contribution in [2.75, 3.05) is 13.2 Å². The molecule has 23 heavy (non-hydrogen) atoms. The molecule has 0 amide bonds.